The van der Waals surface area contributed by atoms with Crippen molar-refractivity contribution in [2.45, 2.75) is 44.3 Å². The molecule has 0 bridgehead atoms. The van der Waals surface area contributed by atoms with E-state index in [-0.39, 0.29) is 0 Å². The molecule has 1 rings (SSSR count). The molecule has 17 heavy (non-hydrogen) atoms. The third kappa shape index (κ3) is 4.62. The summed E-state index contributed by atoms with van der Waals surface area (Å²) in [7, 11) is 0. The molecule has 2 atom stereocenters. The molecule has 1 aliphatic rings. The Balaban J connectivity index is 2.53. The van der Waals surface area contributed by atoms with Gasteiger partial charge in [0, 0.05) is 6.04 Å². The lowest BCUT2D eigenvalue weighted by molar-refractivity contribution is -0.155. The lowest BCUT2D eigenvalue weighted by Gasteiger charge is -2.29. The summed E-state index contributed by atoms with van der Waals surface area (Å²) >= 11 is 0. The van der Waals surface area contributed by atoms with Crippen LogP contribution in [0, 0.1) is 5.92 Å². The summed E-state index contributed by atoms with van der Waals surface area (Å²) in [5.41, 5.74) is 0. The Morgan fingerprint density at radius 1 is 1.24 bits per heavy atom. The van der Waals surface area contributed by atoms with Gasteiger partial charge in [-0.1, -0.05) is 12.8 Å². The molecule has 1 amide bonds. The molecule has 0 heterocycles. The molecular formula is C10H14F3NO3. The van der Waals surface area contributed by atoms with Gasteiger partial charge >= 0.3 is 12.1 Å². The molecule has 98 valence electrons. The van der Waals surface area contributed by atoms with Crippen molar-refractivity contribution >= 4 is 11.9 Å². The Labute approximate surface area is 96.2 Å². The average Bonchev–Trinajstić information content (AvgIpc) is 2.14. The number of aliphatic carboxylic acids is 1. The highest BCUT2D eigenvalue weighted by atomic mass is 19.4. The molecule has 1 aliphatic carbocycles. The summed E-state index contributed by atoms with van der Waals surface area (Å²) in [5, 5.41) is 11.0. The quantitative estimate of drug-likeness (QED) is 0.804. The maximum atomic E-state index is 11.9. The van der Waals surface area contributed by atoms with Crippen LogP contribution in [0.15, 0.2) is 0 Å². The molecule has 0 radical (unpaired) electrons. The van der Waals surface area contributed by atoms with Gasteiger partial charge < -0.3 is 10.4 Å². The largest absolute Gasteiger partial charge is 0.481 e. The van der Waals surface area contributed by atoms with Gasteiger partial charge in [0.05, 0.1) is 5.92 Å². The van der Waals surface area contributed by atoms with E-state index in [4.69, 9.17) is 5.11 Å². The van der Waals surface area contributed by atoms with E-state index in [9.17, 15) is 22.8 Å². The predicted molar refractivity (Wildman–Crippen MR) is 52.2 cm³/mol. The molecule has 0 aromatic heterocycles. The van der Waals surface area contributed by atoms with E-state index >= 15 is 0 Å². The van der Waals surface area contributed by atoms with E-state index in [0.29, 0.717) is 12.8 Å². The molecule has 2 N–H and O–H groups in total. The first-order valence-corrected chi connectivity index (χ1v) is 5.38. The van der Waals surface area contributed by atoms with Gasteiger partial charge in [-0.2, -0.15) is 13.2 Å². The van der Waals surface area contributed by atoms with E-state index in [1.807, 2.05) is 0 Å². The third-order valence-electron chi connectivity index (χ3n) is 2.79. The molecule has 0 aromatic carbocycles. The monoisotopic (exact) mass is 253 g/mol. The number of carboxylic acids is 1. The first kappa shape index (κ1) is 13.8. The summed E-state index contributed by atoms with van der Waals surface area (Å²) in [6.07, 6.45) is -3.86. The normalized spacial score (nSPS) is 25.4. The topological polar surface area (TPSA) is 66.4 Å². The van der Waals surface area contributed by atoms with Crippen LogP contribution >= 0.6 is 0 Å². The number of hydrogen-bond donors (Lipinski definition) is 2. The average molecular weight is 253 g/mol. The van der Waals surface area contributed by atoms with E-state index < -0.39 is 36.4 Å². The predicted octanol–water partition coefficient (Wildman–Crippen LogP) is 1.70. The van der Waals surface area contributed by atoms with Crippen LogP contribution in [0.5, 0.6) is 0 Å². The number of halogens is 3. The number of amides is 1. The Hall–Kier alpha value is -1.27. The smallest absolute Gasteiger partial charge is 0.397 e. The number of hydrogen-bond acceptors (Lipinski definition) is 2. The van der Waals surface area contributed by atoms with Crippen molar-refractivity contribution in [3.8, 4) is 0 Å². The SMILES string of the molecule is O=C(CC(F)(F)F)NC1CCCCC1C(=O)O. The van der Waals surface area contributed by atoms with E-state index in [0.717, 1.165) is 12.8 Å². The minimum atomic E-state index is -4.56. The summed E-state index contributed by atoms with van der Waals surface area (Å²) in [6.45, 7) is 0. The highest BCUT2D eigenvalue weighted by Crippen LogP contribution is 2.25. The molecule has 4 nitrogen and oxygen atoms in total. The molecule has 0 aliphatic heterocycles. The Morgan fingerprint density at radius 3 is 2.35 bits per heavy atom. The van der Waals surface area contributed by atoms with Crippen LogP contribution in [0.1, 0.15) is 32.1 Å². The lowest BCUT2D eigenvalue weighted by atomic mass is 9.84. The molecule has 0 spiro atoms. The first-order valence-electron chi connectivity index (χ1n) is 5.38. The fourth-order valence-corrected chi connectivity index (χ4v) is 2.04. The summed E-state index contributed by atoms with van der Waals surface area (Å²) in [4.78, 5) is 21.9. The highest BCUT2D eigenvalue weighted by Gasteiger charge is 2.35. The van der Waals surface area contributed by atoms with Gasteiger partial charge in [-0.05, 0) is 12.8 Å². The van der Waals surface area contributed by atoms with Crippen molar-refractivity contribution < 1.29 is 27.9 Å². The molecular weight excluding hydrogens is 239 g/mol. The fraction of sp³-hybridized carbons (Fsp3) is 0.800. The van der Waals surface area contributed by atoms with Crippen molar-refractivity contribution in [1.29, 1.82) is 0 Å². The number of nitrogens with one attached hydrogen (secondary N) is 1. The second kappa shape index (κ2) is 5.37. The zero-order valence-electron chi connectivity index (χ0n) is 9.09. The number of carbonyl (C=O) groups excluding carboxylic acids is 1. The molecule has 1 fully saturated rings. The van der Waals surface area contributed by atoms with E-state index in [1.165, 1.54) is 0 Å². The second-order valence-corrected chi connectivity index (χ2v) is 4.20. The standard InChI is InChI=1S/C10H14F3NO3/c11-10(12,13)5-8(15)14-7-4-2-1-3-6(7)9(16)17/h6-7H,1-5H2,(H,14,15)(H,16,17). The van der Waals surface area contributed by atoms with Crippen LogP contribution in [-0.2, 0) is 9.59 Å². The van der Waals surface area contributed by atoms with Crippen LogP contribution in [0.25, 0.3) is 0 Å². The van der Waals surface area contributed by atoms with Crippen LogP contribution in [0.4, 0.5) is 13.2 Å². The van der Waals surface area contributed by atoms with Crippen LogP contribution in [-0.4, -0.2) is 29.2 Å². The van der Waals surface area contributed by atoms with Gasteiger partial charge in [0.15, 0.2) is 0 Å². The van der Waals surface area contributed by atoms with Gasteiger partial charge in [-0.15, -0.1) is 0 Å². The minimum absolute atomic E-state index is 0.395. The van der Waals surface area contributed by atoms with Crippen LogP contribution < -0.4 is 5.32 Å². The second-order valence-electron chi connectivity index (χ2n) is 4.20. The lowest BCUT2D eigenvalue weighted by Crippen LogP contribution is -2.46. The van der Waals surface area contributed by atoms with Gasteiger partial charge in [0.25, 0.3) is 0 Å². The molecule has 2 unspecified atom stereocenters. The minimum Gasteiger partial charge on any atom is -0.481 e. The Bertz CT molecular complexity index is 304. The summed E-state index contributed by atoms with van der Waals surface area (Å²) < 4.78 is 35.8. The zero-order valence-corrected chi connectivity index (χ0v) is 9.09. The Kier molecular flexibility index (Phi) is 4.36. The zero-order chi connectivity index (χ0) is 13.1. The van der Waals surface area contributed by atoms with E-state index in [2.05, 4.69) is 5.32 Å². The number of carbonyl (C=O) groups is 2. The van der Waals surface area contributed by atoms with Crippen LogP contribution in [0.2, 0.25) is 0 Å². The van der Waals surface area contributed by atoms with Gasteiger partial charge in [-0.3, -0.25) is 9.59 Å². The van der Waals surface area contributed by atoms with Crippen molar-refractivity contribution in [3.05, 3.63) is 0 Å². The van der Waals surface area contributed by atoms with Crippen molar-refractivity contribution in [3.63, 3.8) is 0 Å². The number of carboxylic acid groups (broad SMARTS) is 1. The summed E-state index contributed by atoms with van der Waals surface area (Å²) in [5.74, 6) is -3.00. The Morgan fingerprint density at radius 2 is 1.82 bits per heavy atom. The van der Waals surface area contributed by atoms with Gasteiger partial charge in [-0.25, -0.2) is 0 Å². The molecule has 7 heteroatoms. The first-order chi connectivity index (χ1) is 7.79. The van der Waals surface area contributed by atoms with E-state index in [1.54, 1.807) is 0 Å². The van der Waals surface area contributed by atoms with Crippen molar-refractivity contribution in [2.75, 3.05) is 0 Å². The molecule has 1 saturated carbocycles. The fourth-order valence-electron chi connectivity index (χ4n) is 2.04. The molecule has 0 saturated heterocycles. The van der Waals surface area contributed by atoms with Gasteiger partial charge in [0.1, 0.15) is 6.42 Å². The number of alkyl halides is 3. The van der Waals surface area contributed by atoms with Gasteiger partial charge in [0.2, 0.25) is 5.91 Å². The molecule has 0 aromatic rings. The highest BCUT2D eigenvalue weighted by molar-refractivity contribution is 5.78. The van der Waals surface area contributed by atoms with Crippen LogP contribution in [0.3, 0.4) is 0 Å². The maximum absolute atomic E-state index is 11.9. The number of rotatable bonds is 3. The third-order valence-corrected chi connectivity index (χ3v) is 2.79. The maximum Gasteiger partial charge on any atom is 0.397 e. The van der Waals surface area contributed by atoms with Crippen molar-refractivity contribution in [1.82, 2.24) is 5.32 Å². The summed E-state index contributed by atoms with van der Waals surface area (Å²) in [6, 6.07) is -0.684. The van der Waals surface area contributed by atoms with Crippen molar-refractivity contribution in [2.24, 2.45) is 5.92 Å².